The Kier molecular flexibility index (Phi) is 5.78. The first kappa shape index (κ1) is 19.9. The van der Waals surface area contributed by atoms with Gasteiger partial charge in [0, 0.05) is 17.4 Å². The smallest absolute Gasteiger partial charge is 0.338 e. The lowest BCUT2D eigenvalue weighted by atomic mass is 10.0. The van der Waals surface area contributed by atoms with Crippen LogP contribution < -0.4 is 11.1 Å². The van der Waals surface area contributed by atoms with Gasteiger partial charge in [0.05, 0.1) is 16.6 Å². The predicted molar refractivity (Wildman–Crippen MR) is 113 cm³/mol. The van der Waals surface area contributed by atoms with E-state index in [0.717, 1.165) is 11.1 Å². The first-order chi connectivity index (χ1) is 13.8. The molecule has 0 atom stereocenters. The van der Waals surface area contributed by atoms with Crippen LogP contribution in [-0.2, 0) is 4.74 Å². The molecule has 0 saturated carbocycles. The fourth-order valence-electron chi connectivity index (χ4n) is 2.85. The molecule has 0 aliphatic carbocycles. The van der Waals surface area contributed by atoms with Gasteiger partial charge in [0.2, 0.25) is 0 Å². The molecule has 3 aromatic rings. The average molecular weight is 391 g/mol. The van der Waals surface area contributed by atoms with Crippen molar-refractivity contribution in [2.45, 2.75) is 20.0 Å². The molecule has 0 heterocycles. The third-order valence-corrected chi connectivity index (χ3v) is 4.13. The summed E-state index contributed by atoms with van der Waals surface area (Å²) in [5.74, 6) is -0.599. The maximum Gasteiger partial charge on any atom is 0.338 e. The van der Waals surface area contributed by atoms with Gasteiger partial charge in [-0.2, -0.15) is 0 Å². The van der Waals surface area contributed by atoms with Gasteiger partial charge < -0.3 is 15.8 Å². The molecule has 0 unspecified atom stereocenters. The standard InChI is InChI=1S/C22H21N3O4/c1-14(2)29-22(26)17-9-10-20(21(13-17)25(27)28)24-19-8-4-6-16(12-19)15-5-3-7-18(23)11-15/h3-14,24H,23H2,1-2H3. The van der Waals surface area contributed by atoms with Gasteiger partial charge in [-0.25, -0.2) is 4.79 Å². The quantitative estimate of drug-likeness (QED) is 0.260. The highest BCUT2D eigenvalue weighted by molar-refractivity contribution is 5.92. The van der Waals surface area contributed by atoms with Gasteiger partial charge in [-0.15, -0.1) is 0 Å². The second kappa shape index (κ2) is 8.43. The highest BCUT2D eigenvalue weighted by Crippen LogP contribution is 2.31. The number of benzene rings is 3. The number of carbonyl (C=O) groups excluding carboxylic acids is 1. The number of hydrogen-bond donors (Lipinski definition) is 2. The maximum absolute atomic E-state index is 12.1. The van der Waals surface area contributed by atoms with E-state index in [1.807, 2.05) is 36.4 Å². The molecule has 7 nitrogen and oxygen atoms in total. The van der Waals surface area contributed by atoms with Crippen LogP contribution in [0.15, 0.2) is 66.7 Å². The van der Waals surface area contributed by atoms with Crippen LogP contribution in [0.2, 0.25) is 0 Å². The van der Waals surface area contributed by atoms with Crippen molar-refractivity contribution in [1.29, 1.82) is 0 Å². The van der Waals surface area contributed by atoms with Crippen LogP contribution in [0.25, 0.3) is 11.1 Å². The lowest BCUT2D eigenvalue weighted by Gasteiger charge is -2.11. The van der Waals surface area contributed by atoms with Crippen molar-refractivity contribution >= 4 is 28.7 Å². The highest BCUT2D eigenvalue weighted by atomic mass is 16.6. The zero-order valence-electron chi connectivity index (χ0n) is 16.1. The second-order valence-corrected chi connectivity index (χ2v) is 6.77. The van der Waals surface area contributed by atoms with E-state index in [9.17, 15) is 14.9 Å². The molecule has 0 fully saturated rings. The van der Waals surface area contributed by atoms with E-state index in [1.165, 1.54) is 18.2 Å². The summed E-state index contributed by atoms with van der Waals surface area (Å²) in [6.45, 7) is 3.44. The van der Waals surface area contributed by atoms with E-state index in [-0.39, 0.29) is 23.0 Å². The number of esters is 1. The molecular weight excluding hydrogens is 370 g/mol. The summed E-state index contributed by atoms with van der Waals surface area (Å²) >= 11 is 0. The van der Waals surface area contributed by atoms with Gasteiger partial charge in [-0.3, -0.25) is 10.1 Å². The fourth-order valence-corrected chi connectivity index (χ4v) is 2.85. The Balaban J connectivity index is 1.91. The zero-order chi connectivity index (χ0) is 21.0. The molecule has 0 aliphatic heterocycles. The summed E-state index contributed by atoms with van der Waals surface area (Å²) in [6.07, 6.45) is -0.311. The fraction of sp³-hybridized carbons (Fsp3) is 0.136. The number of nitro benzene ring substituents is 1. The Hall–Kier alpha value is -3.87. The number of nitro groups is 1. The van der Waals surface area contributed by atoms with Crippen molar-refractivity contribution in [3.05, 3.63) is 82.4 Å². The van der Waals surface area contributed by atoms with Crippen molar-refractivity contribution in [2.24, 2.45) is 0 Å². The Bertz CT molecular complexity index is 1060. The Labute approximate surface area is 168 Å². The first-order valence-electron chi connectivity index (χ1n) is 9.06. The molecule has 0 spiro atoms. The van der Waals surface area contributed by atoms with Gasteiger partial charge in [0.15, 0.2) is 0 Å². The van der Waals surface area contributed by atoms with Crippen molar-refractivity contribution in [1.82, 2.24) is 0 Å². The van der Waals surface area contributed by atoms with Gasteiger partial charge in [0.1, 0.15) is 5.69 Å². The van der Waals surface area contributed by atoms with Gasteiger partial charge in [-0.1, -0.05) is 24.3 Å². The molecule has 0 saturated heterocycles. The molecule has 3 rings (SSSR count). The molecule has 0 aromatic heterocycles. The molecule has 148 valence electrons. The number of ether oxygens (including phenoxy) is 1. The molecule has 3 N–H and O–H groups in total. The number of nitrogens with zero attached hydrogens (tertiary/aromatic N) is 1. The minimum atomic E-state index is -0.599. The van der Waals surface area contributed by atoms with Crippen molar-refractivity contribution in [3.63, 3.8) is 0 Å². The number of hydrogen-bond acceptors (Lipinski definition) is 6. The van der Waals surface area contributed by atoms with Crippen molar-refractivity contribution < 1.29 is 14.5 Å². The number of nitrogen functional groups attached to an aromatic ring is 1. The van der Waals surface area contributed by atoms with E-state index in [2.05, 4.69) is 5.32 Å². The van der Waals surface area contributed by atoms with Gasteiger partial charge >= 0.3 is 5.97 Å². The topological polar surface area (TPSA) is 107 Å². The first-order valence-corrected chi connectivity index (χ1v) is 9.06. The Morgan fingerprint density at radius 1 is 1.03 bits per heavy atom. The van der Waals surface area contributed by atoms with E-state index in [4.69, 9.17) is 10.5 Å². The third kappa shape index (κ3) is 4.90. The maximum atomic E-state index is 12.1. The summed E-state index contributed by atoms with van der Waals surface area (Å²) in [5, 5.41) is 14.6. The van der Waals surface area contributed by atoms with Crippen LogP contribution in [-0.4, -0.2) is 17.0 Å². The van der Waals surface area contributed by atoms with Crippen LogP contribution in [0.5, 0.6) is 0 Å². The molecule has 3 aromatic carbocycles. The summed E-state index contributed by atoms with van der Waals surface area (Å²) < 4.78 is 5.11. The third-order valence-electron chi connectivity index (χ3n) is 4.13. The van der Waals surface area contributed by atoms with Gasteiger partial charge in [0.25, 0.3) is 5.69 Å². The minimum absolute atomic E-state index is 0.129. The van der Waals surface area contributed by atoms with Gasteiger partial charge in [-0.05, 0) is 61.4 Å². The number of nitrogens with one attached hydrogen (secondary N) is 1. The van der Waals surface area contributed by atoms with E-state index < -0.39 is 10.9 Å². The lowest BCUT2D eigenvalue weighted by Crippen LogP contribution is -2.12. The van der Waals surface area contributed by atoms with Crippen molar-refractivity contribution in [3.8, 4) is 11.1 Å². The van der Waals surface area contributed by atoms with Crippen LogP contribution in [0.3, 0.4) is 0 Å². The summed E-state index contributed by atoms with van der Waals surface area (Å²) in [7, 11) is 0. The van der Waals surface area contributed by atoms with E-state index >= 15 is 0 Å². The zero-order valence-corrected chi connectivity index (χ0v) is 16.1. The van der Waals surface area contributed by atoms with Crippen LogP contribution in [0, 0.1) is 10.1 Å². The van der Waals surface area contributed by atoms with E-state index in [1.54, 1.807) is 26.0 Å². The molecule has 0 radical (unpaired) electrons. The van der Waals surface area contributed by atoms with E-state index in [0.29, 0.717) is 11.4 Å². The predicted octanol–water partition coefficient (Wildman–Crippen LogP) is 5.15. The van der Waals surface area contributed by atoms with Crippen molar-refractivity contribution in [2.75, 3.05) is 11.1 Å². The molecule has 7 heteroatoms. The Morgan fingerprint density at radius 3 is 2.38 bits per heavy atom. The molecule has 0 bridgehead atoms. The molecular formula is C22H21N3O4. The van der Waals surface area contributed by atoms with Crippen LogP contribution in [0.4, 0.5) is 22.7 Å². The minimum Gasteiger partial charge on any atom is -0.459 e. The lowest BCUT2D eigenvalue weighted by molar-refractivity contribution is -0.383. The average Bonchev–Trinajstić information content (AvgIpc) is 2.68. The number of nitrogens with two attached hydrogens (primary N) is 1. The van der Waals surface area contributed by atoms with Crippen LogP contribution >= 0.6 is 0 Å². The molecule has 0 amide bonds. The summed E-state index contributed by atoms with van der Waals surface area (Å²) in [4.78, 5) is 23.1. The summed E-state index contributed by atoms with van der Waals surface area (Å²) in [6, 6.07) is 19.1. The monoisotopic (exact) mass is 391 g/mol. The highest BCUT2D eigenvalue weighted by Gasteiger charge is 2.19. The molecule has 0 aliphatic rings. The van der Waals surface area contributed by atoms with Crippen LogP contribution in [0.1, 0.15) is 24.2 Å². The number of rotatable bonds is 6. The largest absolute Gasteiger partial charge is 0.459 e. The SMILES string of the molecule is CC(C)OC(=O)c1ccc(Nc2cccc(-c3cccc(N)c3)c2)c([N+](=O)[O-])c1. The second-order valence-electron chi connectivity index (χ2n) is 6.77. The number of carbonyl (C=O) groups is 1. The summed E-state index contributed by atoms with van der Waals surface area (Å²) in [5.41, 5.74) is 9.23. The normalized spacial score (nSPS) is 10.6. The Morgan fingerprint density at radius 2 is 1.72 bits per heavy atom. The molecule has 29 heavy (non-hydrogen) atoms. The number of anilines is 3.